The van der Waals surface area contributed by atoms with Crippen molar-refractivity contribution in [1.82, 2.24) is 0 Å². The van der Waals surface area contributed by atoms with Crippen LogP contribution >= 0.6 is 0 Å². The third-order valence-corrected chi connectivity index (χ3v) is 6.49. The third kappa shape index (κ3) is 2.47. The van der Waals surface area contributed by atoms with E-state index in [4.69, 9.17) is 9.47 Å². The van der Waals surface area contributed by atoms with Gasteiger partial charge in [0.2, 0.25) is 0 Å². The molecule has 1 saturated carbocycles. The first kappa shape index (κ1) is 21.7. The van der Waals surface area contributed by atoms with Crippen LogP contribution in [-0.2, 0) is 19.1 Å². The molecule has 8 heteroatoms. The van der Waals surface area contributed by atoms with E-state index in [1.165, 1.54) is 0 Å². The van der Waals surface area contributed by atoms with Crippen molar-refractivity contribution in [3.05, 3.63) is 23.8 Å². The standard InChI is InChI=1S/C21H20N4O4/c1-14-9-20(16(26)28-3,17(27)29-4)8-7-18(2)15(14)5-6-19(10-22,11-23)21(18,12-24)13-25/h5H,1,6-9H2,2-4H3/t18-/m1/s1. The minimum atomic E-state index is -2.03. The Labute approximate surface area is 169 Å². The number of nitrogens with zero attached hydrogens (tertiary/aromatic N) is 4. The van der Waals surface area contributed by atoms with Crippen molar-refractivity contribution in [2.45, 2.75) is 32.6 Å². The molecule has 1 fully saturated rings. The predicted octanol–water partition coefficient (Wildman–Crippen LogP) is 2.46. The monoisotopic (exact) mass is 392 g/mol. The summed E-state index contributed by atoms with van der Waals surface area (Å²) in [5.74, 6) is -1.61. The number of carbonyl (C=O) groups is 2. The summed E-state index contributed by atoms with van der Waals surface area (Å²) in [7, 11) is 2.31. The quantitative estimate of drug-likeness (QED) is 0.514. The number of nitriles is 4. The van der Waals surface area contributed by atoms with Crippen molar-refractivity contribution in [1.29, 1.82) is 21.0 Å². The molecule has 8 nitrogen and oxygen atoms in total. The average molecular weight is 392 g/mol. The second-order valence-electron chi connectivity index (χ2n) is 7.60. The number of rotatable bonds is 2. The van der Waals surface area contributed by atoms with Gasteiger partial charge in [-0.3, -0.25) is 9.59 Å². The molecule has 0 heterocycles. The maximum absolute atomic E-state index is 12.6. The van der Waals surface area contributed by atoms with E-state index in [9.17, 15) is 30.6 Å². The molecule has 2 aliphatic rings. The highest BCUT2D eigenvalue weighted by Crippen LogP contribution is 2.65. The third-order valence-electron chi connectivity index (χ3n) is 6.49. The second kappa shape index (κ2) is 7.08. The molecule has 2 aliphatic carbocycles. The highest BCUT2D eigenvalue weighted by atomic mass is 16.5. The van der Waals surface area contributed by atoms with Gasteiger partial charge in [0.15, 0.2) is 16.2 Å². The SMILES string of the molecule is C=C1CC(C(=O)OC)(C(=O)OC)CC[C@]2(C)C1=CCC(C#N)(C#N)C2(C#N)C#N. The van der Waals surface area contributed by atoms with E-state index in [0.29, 0.717) is 11.1 Å². The number of hydrogen-bond acceptors (Lipinski definition) is 8. The van der Waals surface area contributed by atoms with Gasteiger partial charge in [0.05, 0.1) is 38.5 Å². The van der Waals surface area contributed by atoms with Crippen LogP contribution in [0.3, 0.4) is 0 Å². The molecule has 0 spiro atoms. The first-order chi connectivity index (χ1) is 13.6. The van der Waals surface area contributed by atoms with Gasteiger partial charge >= 0.3 is 11.9 Å². The summed E-state index contributed by atoms with van der Waals surface area (Å²) >= 11 is 0. The van der Waals surface area contributed by atoms with Crippen molar-refractivity contribution in [2.24, 2.45) is 21.7 Å². The van der Waals surface area contributed by atoms with Crippen LogP contribution in [0.15, 0.2) is 23.8 Å². The zero-order chi connectivity index (χ0) is 22.1. The van der Waals surface area contributed by atoms with E-state index in [0.717, 1.165) is 14.2 Å². The molecule has 0 aromatic rings. The molecule has 1 atom stereocenters. The molecule has 0 aromatic carbocycles. The minimum Gasteiger partial charge on any atom is -0.468 e. The van der Waals surface area contributed by atoms with Crippen LogP contribution in [0.5, 0.6) is 0 Å². The number of esters is 2. The van der Waals surface area contributed by atoms with Crippen LogP contribution in [0.1, 0.15) is 32.6 Å². The van der Waals surface area contributed by atoms with E-state index in [1.807, 2.05) is 24.3 Å². The van der Waals surface area contributed by atoms with E-state index in [2.05, 4.69) is 6.58 Å². The van der Waals surface area contributed by atoms with Crippen LogP contribution in [0, 0.1) is 67.0 Å². The number of fused-ring (bicyclic) bond motifs is 1. The highest BCUT2D eigenvalue weighted by Gasteiger charge is 2.69. The molecule has 0 unspecified atom stereocenters. The lowest BCUT2D eigenvalue weighted by Gasteiger charge is -2.49. The molecule has 0 N–H and O–H groups in total. The number of carbonyl (C=O) groups excluding carboxylic acids is 2. The second-order valence-corrected chi connectivity index (χ2v) is 7.60. The van der Waals surface area contributed by atoms with Gasteiger partial charge in [-0.2, -0.15) is 21.0 Å². The molecule has 148 valence electrons. The van der Waals surface area contributed by atoms with Crippen LogP contribution < -0.4 is 0 Å². The Kier molecular flexibility index (Phi) is 5.29. The van der Waals surface area contributed by atoms with E-state index in [-0.39, 0.29) is 25.7 Å². The zero-order valence-electron chi connectivity index (χ0n) is 16.5. The maximum atomic E-state index is 12.6. The lowest BCUT2D eigenvalue weighted by Crippen LogP contribution is -2.53. The van der Waals surface area contributed by atoms with Crippen molar-refractivity contribution >= 4 is 11.9 Å². The smallest absolute Gasteiger partial charge is 0.323 e. The molecular formula is C21H20N4O4. The summed E-state index contributed by atoms with van der Waals surface area (Å²) in [5.41, 5.74) is -6.09. The van der Waals surface area contributed by atoms with Crippen molar-refractivity contribution in [3.63, 3.8) is 0 Å². The van der Waals surface area contributed by atoms with E-state index >= 15 is 0 Å². The molecule has 0 saturated heterocycles. The minimum absolute atomic E-state index is 0.00567. The zero-order valence-corrected chi connectivity index (χ0v) is 16.5. The highest BCUT2D eigenvalue weighted by molar-refractivity contribution is 6.00. The molecule has 0 bridgehead atoms. The summed E-state index contributed by atoms with van der Waals surface area (Å²) in [5, 5.41) is 39.6. The molecule has 2 rings (SSSR count). The number of hydrogen-bond donors (Lipinski definition) is 0. The normalized spacial score (nSPS) is 25.9. The van der Waals surface area contributed by atoms with Gasteiger partial charge in [-0.25, -0.2) is 0 Å². The Bertz CT molecular complexity index is 938. The molecular weight excluding hydrogens is 372 g/mol. The van der Waals surface area contributed by atoms with Gasteiger partial charge in [-0.15, -0.1) is 0 Å². The molecule has 0 aromatic heterocycles. The summed E-state index contributed by atoms with van der Waals surface area (Å²) < 4.78 is 9.72. The van der Waals surface area contributed by atoms with Gasteiger partial charge in [0.25, 0.3) is 0 Å². The van der Waals surface area contributed by atoms with Crippen molar-refractivity contribution in [3.8, 4) is 24.3 Å². The largest absolute Gasteiger partial charge is 0.468 e. The summed E-state index contributed by atoms with van der Waals surface area (Å²) in [6.45, 7) is 5.60. The molecule has 0 aliphatic heterocycles. The number of allylic oxidation sites excluding steroid dienone is 3. The Balaban J connectivity index is 2.82. The number of methoxy groups -OCH3 is 2. The lowest BCUT2D eigenvalue weighted by molar-refractivity contribution is -0.170. The van der Waals surface area contributed by atoms with Gasteiger partial charge in [0, 0.05) is 11.8 Å². The molecule has 0 radical (unpaired) electrons. The van der Waals surface area contributed by atoms with E-state index in [1.54, 1.807) is 13.0 Å². The summed E-state index contributed by atoms with van der Waals surface area (Å²) in [6.07, 6.45) is 1.25. The number of ether oxygens (including phenoxy) is 2. The fourth-order valence-corrected chi connectivity index (χ4v) is 4.74. The van der Waals surface area contributed by atoms with Gasteiger partial charge < -0.3 is 9.47 Å². The van der Waals surface area contributed by atoms with Crippen LogP contribution in [0.2, 0.25) is 0 Å². The van der Waals surface area contributed by atoms with E-state index < -0.39 is 33.6 Å². The first-order valence-electron chi connectivity index (χ1n) is 8.85. The Morgan fingerprint density at radius 1 is 1.00 bits per heavy atom. The fraction of sp³-hybridized carbons (Fsp3) is 0.524. The van der Waals surface area contributed by atoms with Crippen LogP contribution in [-0.4, -0.2) is 26.2 Å². The predicted molar refractivity (Wildman–Crippen MR) is 97.6 cm³/mol. The Morgan fingerprint density at radius 3 is 1.93 bits per heavy atom. The van der Waals surface area contributed by atoms with Crippen molar-refractivity contribution in [2.75, 3.05) is 14.2 Å². The summed E-state index contributed by atoms with van der Waals surface area (Å²) in [4.78, 5) is 25.2. The van der Waals surface area contributed by atoms with Crippen LogP contribution in [0.25, 0.3) is 0 Å². The first-order valence-corrected chi connectivity index (χ1v) is 8.85. The van der Waals surface area contributed by atoms with Gasteiger partial charge in [0.1, 0.15) is 0 Å². The Morgan fingerprint density at radius 2 is 1.52 bits per heavy atom. The van der Waals surface area contributed by atoms with Gasteiger partial charge in [-0.05, 0) is 30.4 Å². The van der Waals surface area contributed by atoms with Crippen LogP contribution in [0.4, 0.5) is 0 Å². The fourth-order valence-electron chi connectivity index (χ4n) is 4.74. The molecule has 29 heavy (non-hydrogen) atoms. The topological polar surface area (TPSA) is 148 Å². The average Bonchev–Trinajstić information content (AvgIpc) is 2.86. The Hall–Kier alpha value is -3.62. The van der Waals surface area contributed by atoms with Gasteiger partial charge in [-0.1, -0.05) is 19.6 Å². The van der Waals surface area contributed by atoms with Crippen molar-refractivity contribution < 1.29 is 19.1 Å². The maximum Gasteiger partial charge on any atom is 0.323 e. The summed E-state index contributed by atoms with van der Waals surface area (Å²) in [6, 6.07) is 7.64. The lowest BCUT2D eigenvalue weighted by atomic mass is 9.46. The molecule has 0 amide bonds.